The standard InChI is InChI=1S/C16H30N2O5S/c1-5-24(22,23)17-10-7-13(8-11-17)18(12-15(20)21)14(19)6-9-16(2,3)4/h13H,5-12H2,1-4H3,(H,20,21). The Bertz CT molecular complexity index is 545. The van der Waals surface area contributed by atoms with Crippen LogP contribution in [0.4, 0.5) is 0 Å². The fourth-order valence-corrected chi connectivity index (χ4v) is 3.94. The largest absolute Gasteiger partial charge is 0.480 e. The smallest absolute Gasteiger partial charge is 0.323 e. The first-order chi connectivity index (χ1) is 11.0. The van der Waals surface area contributed by atoms with E-state index in [2.05, 4.69) is 0 Å². The molecule has 0 aromatic carbocycles. The van der Waals surface area contributed by atoms with Gasteiger partial charge in [-0.25, -0.2) is 12.7 Å². The first-order valence-electron chi connectivity index (χ1n) is 8.45. The number of carbonyl (C=O) groups is 2. The van der Waals surface area contributed by atoms with Crippen molar-refractivity contribution in [3.05, 3.63) is 0 Å². The number of hydrogen-bond acceptors (Lipinski definition) is 4. The highest BCUT2D eigenvalue weighted by Crippen LogP contribution is 2.24. The normalized spacial score (nSPS) is 17.7. The van der Waals surface area contributed by atoms with Gasteiger partial charge in [-0.15, -0.1) is 0 Å². The molecular formula is C16H30N2O5S. The van der Waals surface area contributed by atoms with E-state index in [0.717, 1.165) is 0 Å². The Kier molecular flexibility index (Phi) is 7.22. The van der Waals surface area contributed by atoms with E-state index in [4.69, 9.17) is 5.11 Å². The first kappa shape index (κ1) is 20.9. The van der Waals surface area contributed by atoms with Gasteiger partial charge < -0.3 is 10.0 Å². The van der Waals surface area contributed by atoms with Gasteiger partial charge in [-0.3, -0.25) is 9.59 Å². The molecule has 8 heteroatoms. The van der Waals surface area contributed by atoms with Crippen molar-refractivity contribution in [2.75, 3.05) is 25.4 Å². The van der Waals surface area contributed by atoms with E-state index in [1.165, 1.54) is 9.21 Å². The van der Waals surface area contributed by atoms with E-state index in [1.807, 2.05) is 20.8 Å². The lowest BCUT2D eigenvalue weighted by Gasteiger charge is -2.37. The molecule has 0 atom stereocenters. The van der Waals surface area contributed by atoms with E-state index < -0.39 is 16.0 Å². The second-order valence-corrected chi connectivity index (χ2v) is 9.76. The van der Waals surface area contributed by atoms with Gasteiger partial charge in [-0.1, -0.05) is 20.8 Å². The molecule has 1 aliphatic rings. The van der Waals surface area contributed by atoms with Gasteiger partial charge in [0.1, 0.15) is 6.54 Å². The third-order valence-corrected chi connectivity index (χ3v) is 6.22. The molecule has 24 heavy (non-hydrogen) atoms. The molecule has 7 nitrogen and oxygen atoms in total. The molecule has 0 aromatic heterocycles. The van der Waals surface area contributed by atoms with Gasteiger partial charge in [0, 0.05) is 25.6 Å². The van der Waals surface area contributed by atoms with Crippen molar-refractivity contribution in [1.29, 1.82) is 0 Å². The van der Waals surface area contributed by atoms with E-state index in [1.54, 1.807) is 6.92 Å². The summed E-state index contributed by atoms with van der Waals surface area (Å²) in [7, 11) is -3.23. The Morgan fingerprint density at radius 3 is 2.17 bits per heavy atom. The molecule has 1 saturated heterocycles. The number of carboxylic acids is 1. The number of rotatable bonds is 7. The van der Waals surface area contributed by atoms with Crippen molar-refractivity contribution in [3.8, 4) is 0 Å². The number of carboxylic acid groups (broad SMARTS) is 1. The van der Waals surface area contributed by atoms with Gasteiger partial charge in [0.25, 0.3) is 0 Å². The lowest BCUT2D eigenvalue weighted by Crippen LogP contribution is -2.50. The third-order valence-electron chi connectivity index (χ3n) is 4.34. The molecule has 0 saturated carbocycles. The maximum atomic E-state index is 12.5. The first-order valence-corrected chi connectivity index (χ1v) is 10.1. The van der Waals surface area contributed by atoms with Gasteiger partial charge >= 0.3 is 5.97 Å². The zero-order chi connectivity index (χ0) is 18.5. The second-order valence-electron chi connectivity index (χ2n) is 7.51. The average Bonchev–Trinajstić information content (AvgIpc) is 2.49. The highest BCUT2D eigenvalue weighted by atomic mass is 32.2. The number of nitrogens with zero attached hydrogens (tertiary/aromatic N) is 2. The SMILES string of the molecule is CCS(=O)(=O)N1CCC(N(CC(=O)O)C(=O)CCC(C)(C)C)CC1. The Morgan fingerprint density at radius 2 is 1.75 bits per heavy atom. The summed E-state index contributed by atoms with van der Waals surface area (Å²) in [5.41, 5.74) is 0.00310. The summed E-state index contributed by atoms with van der Waals surface area (Å²) in [6.07, 6.45) is 1.96. The van der Waals surface area contributed by atoms with Crippen LogP contribution in [0.2, 0.25) is 0 Å². The summed E-state index contributed by atoms with van der Waals surface area (Å²) in [4.78, 5) is 25.0. The Labute approximate surface area is 145 Å². The quantitative estimate of drug-likeness (QED) is 0.741. The van der Waals surface area contributed by atoms with Crippen molar-refractivity contribution in [3.63, 3.8) is 0 Å². The lowest BCUT2D eigenvalue weighted by molar-refractivity contribution is -0.147. The van der Waals surface area contributed by atoms with Crippen molar-refractivity contribution >= 4 is 21.9 Å². The molecule has 1 rings (SSSR count). The van der Waals surface area contributed by atoms with E-state index >= 15 is 0 Å². The number of aliphatic carboxylic acids is 1. The minimum Gasteiger partial charge on any atom is -0.480 e. The van der Waals surface area contributed by atoms with Gasteiger partial charge in [-0.05, 0) is 31.6 Å². The predicted octanol–water partition coefficient (Wildman–Crippen LogP) is 1.54. The molecule has 1 amide bonds. The van der Waals surface area contributed by atoms with Crippen LogP contribution in [-0.2, 0) is 19.6 Å². The van der Waals surface area contributed by atoms with Gasteiger partial charge in [0.2, 0.25) is 15.9 Å². The third kappa shape index (κ3) is 6.39. The molecule has 140 valence electrons. The van der Waals surface area contributed by atoms with Crippen LogP contribution in [0.3, 0.4) is 0 Å². The number of sulfonamides is 1. The fraction of sp³-hybridized carbons (Fsp3) is 0.875. The maximum Gasteiger partial charge on any atom is 0.323 e. The van der Waals surface area contributed by atoms with Crippen LogP contribution in [0.25, 0.3) is 0 Å². The van der Waals surface area contributed by atoms with Crippen LogP contribution in [0.15, 0.2) is 0 Å². The summed E-state index contributed by atoms with van der Waals surface area (Å²) in [5.74, 6) is -1.15. The fourth-order valence-electron chi connectivity index (χ4n) is 2.81. The number of hydrogen-bond donors (Lipinski definition) is 1. The average molecular weight is 362 g/mol. The number of piperidine rings is 1. The highest BCUT2D eigenvalue weighted by Gasteiger charge is 2.32. The lowest BCUT2D eigenvalue weighted by atomic mass is 9.90. The van der Waals surface area contributed by atoms with E-state index in [-0.39, 0.29) is 29.7 Å². The zero-order valence-corrected chi connectivity index (χ0v) is 15.9. The zero-order valence-electron chi connectivity index (χ0n) is 15.1. The van der Waals surface area contributed by atoms with Crippen molar-refractivity contribution in [1.82, 2.24) is 9.21 Å². The van der Waals surface area contributed by atoms with Crippen molar-refractivity contribution in [2.45, 2.75) is 59.4 Å². The monoisotopic (exact) mass is 362 g/mol. The topological polar surface area (TPSA) is 95.0 Å². The summed E-state index contributed by atoms with van der Waals surface area (Å²) in [6.45, 7) is 8.07. The second kappa shape index (κ2) is 8.29. The molecule has 0 spiro atoms. The van der Waals surface area contributed by atoms with Gasteiger partial charge in [0.15, 0.2) is 0 Å². The van der Waals surface area contributed by atoms with Crippen molar-refractivity contribution < 1.29 is 23.1 Å². The minimum absolute atomic E-state index is 0.00310. The van der Waals surface area contributed by atoms with E-state index in [9.17, 15) is 18.0 Å². The summed E-state index contributed by atoms with van der Waals surface area (Å²) in [6, 6.07) is -0.211. The summed E-state index contributed by atoms with van der Waals surface area (Å²) in [5, 5.41) is 9.11. The molecule has 0 aromatic rings. The van der Waals surface area contributed by atoms with Crippen LogP contribution >= 0.6 is 0 Å². The summed E-state index contributed by atoms with van der Waals surface area (Å²) >= 11 is 0. The molecule has 0 radical (unpaired) electrons. The van der Waals surface area contributed by atoms with E-state index in [0.29, 0.717) is 38.8 Å². The molecule has 1 N–H and O–H groups in total. The molecular weight excluding hydrogens is 332 g/mol. The molecule has 1 aliphatic heterocycles. The van der Waals surface area contributed by atoms with Gasteiger partial charge in [0.05, 0.1) is 5.75 Å². The van der Waals surface area contributed by atoms with Crippen LogP contribution in [0.1, 0.15) is 53.4 Å². The predicted molar refractivity (Wildman–Crippen MR) is 92.1 cm³/mol. The maximum absolute atomic E-state index is 12.5. The molecule has 1 heterocycles. The van der Waals surface area contributed by atoms with Crippen LogP contribution in [0.5, 0.6) is 0 Å². The molecule has 0 unspecified atom stereocenters. The minimum atomic E-state index is -3.23. The Hall–Kier alpha value is -1.15. The summed E-state index contributed by atoms with van der Waals surface area (Å²) < 4.78 is 25.2. The molecule has 1 fully saturated rings. The Balaban J connectivity index is 2.73. The van der Waals surface area contributed by atoms with Crippen LogP contribution < -0.4 is 0 Å². The van der Waals surface area contributed by atoms with Crippen molar-refractivity contribution in [2.24, 2.45) is 5.41 Å². The molecule has 0 aliphatic carbocycles. The van der Waals surface area contributed by atoms with Crippen LogP contribution in [0, 0.1) is 5.41 Å². The Morgan fingerprint density at radius 1 is 1.21 bits per heavy atom. The number of amides is 1. The number of carbonyl (C=O) groups excluding carboxylic acids is 1. The molecule has 0 bridgehead atoms. The van der Waals surface area contributed by atoms with Gasteiger partial charge in [-0.2, -0.15) is 0 Å². The van der Waals surface area contributed by atoms with Crippen LogP contribution in [-0.4, -0.2) is 66.0 Å². The highest BCUT2D eigenvalue weighted by molar-refractivity contribution is 7.89.